The minimum Gasteiger partial charge on any atom is -0.369 e. The molecule has 2 bridgehead atoms. The van der Waals surface area contributed by atoms with Crippen LogP contribution in [-0.4, -0.2) is 11.9 Å². The van der Waals surface area contributed by atoms with Gasteiger partial charge in [0.25, 0.3) is 0 Å². The number of benzene rings is 1. The molecule has 3 nitrogen and oxygen atoms in total. The zero-order valence-electron chi connectivity index (χ0n) is 18.1. The Morgan fingerprint density at radius 3 is 2.18 bits per heavy atom. The van der Waals surface area contributed by atoms with Crippen molar-refractivity contribution in [2.24, 2.45) is 34.6 Å². The highest BCUT2D eigenvalue weighted by Crippen LogP contribution is 2.59. The van der Waals surface area contributed by atoms with Crippen LogP contribution in [0, 0.1) is 23.2 Å². The maximum Gasteiger partial charge on any atom is 0.223 e. The Morgan fingerprint density at radius 2 is 1.64 bits per heavy atom. The molecule has 3 heteroatoms. The molecule has 1 aromatic rings. The third-order valence-corrected chi connectivity index (χ3v) is 8.08. The van der Waals surface area contributed by atoms with Crippen molar-refractivity contribution in [3.8, 4) is 0 Å². The van der Waals surface area contributed by atoms with Gasteiger partial charge in [-0.15, -0.1) is 0 Å². The summed E-state index contributed by atoms with van der Waals surface area (Å²) in [7, 11) is 0. The Morgan fingerprint density at radius 1 is 1.00 bits per heavy atom. The summed E-state index contributed by atoms with van der Waals surface area (Å²) in [6, 6.07) is 11.3. The predicted octanol–water partition coefficient (Wildman–Crippen LogP) is 5.17. The molecule has 28 heavy (non-hydrogen) atoms. The van der Waals surface area contributed by atoms with Crippen LogP contribution in [0.1, 0.15) is 84.1 Å². The molecule has 5 atom stereocenters. The quantitative estimate of drug-likeness (QED) is 0.738. The summed E-state index contributed by atoms with van der Waals surface area (Å²) >= 11 is 0. The lowest BCUT2D eigenvalue weighted by Crippen LogP contribution is -2.53. The fraction of sp³-hybridized carbons (Fsp3) is 0.720. The van der Waals surface area contributed by atoms with Gasteiger partial charge >= 0.3 is 0 Å². The van der Waals surface area contributed by atoms with Crippen molar-refractivity contribution in [2.75, 3.05) is 0 Å². The van der Waals surface area contributed by atoms with Gasteiger partial charge in [0.2, 0.25) is 5.91 Å². The van der Waals surface area contributed by atoms with Crippen molar-refractivity contribution < 1.29 is 4.79 Å². The van der Waals surface area contributed by atoms with Crippen LogP contribution in [0.4, 0.5) is 0 Å². The van der Waals surface area contributed by atoms with E-state index in [2.05, 4.69) is 51.1 Å². The van der Waals surface area contributed by atoms with E-state index < -0.39 is 0 Å². The average molecular weight is 385 g/mol. The number of carbonyl (C=O) groups is 1. The number of carbonyl (C=O) groups excluding carboxylic acids is 1. The number of hydrogen-bond donors (Lipinski definition) is 2. The Bertz CT molecular complexity index is 650. The summed E-state index contributed by atoms with van der Waals surface area (Å²) in [6.45, 7) is 6.82. The van der Waals surface area contributed by atoms with Crippen LogP contribution in [0.5, 0.6) is 0 Å². The number of primary amides is 1. The highest BCUT2D eigenvalue weighted by atomic mass is 16.1. The summed E-state index contributed by atoms with van der Waals surface area (Å²) in [4.78, 5) is 12.1. The molecule has 0 aliphatic heterocycles. The second kappa shape index (κ2) is 8.57. The van der Waals surface area contributed by atoms with E-state index >= 15 is 0 Å². The van der Waals surface area contributed by atoms with Gasteiger partial charge in [-0.1, -0.05) is 70.4 Å². The number of rotatable bonds is 2. The molecule has 3 saturated carbocycles. The van der Waals surface area contributed by atoms with Gasteiger partial charge in [-0.05, 0) is 67.3 Å². The van der Waals surface area contributed by atoms with E-state index in [1.807, 2.05) is 0 Å². The molecular weight excluding hydrogens is 344 g/mol. The van der Waals surface area contributed by atoms with E-state index in [1.54, 1.807) is 0 Å². The summed E-state index contributed by atoms with van der Waals surface area (Å²) in [5.41, 5.74) is 12.6. The molecule has 0 radical (unpaired) electrons. The average Bonchev–Trinajstić information content (AvgIpc) is 2.68. The standard InChI is InChI=1S/C19H27NO.C6H13N/c1-13-9-19(16-7-5-4-6-8-16)11-15(14(13)2)10-18(3,12-19)17(20)21;7-6-4-2-1-3-5-6/h4-8,13-15H,9-12H2,1-3H3,(H2,20,21);6H,1-5,7H2. The van der Waals surface area contributed by atoms with Gasteiger partial charge in [0.1, 0.15) is 0 Å². The Kier molecular flexibility index (Phi) is 6.54. The SMILES string of the molecule is CC1CC2(c3ccccc3)CC(CC(C)(C(N)=O)C2)C1C.NC1CCCCC1. The van der Waals surface area contributed by atoms with Crippen LogP contribution in [0.25, 0.3) is 0 Å². The molecule has 0 aromatic heterocycles. The normalized spacial score (nSPS) is 38.2. The second-order valence-corrected chi connectivity index (χ2v) is 10.4. The fourth-order valence-electron chi connectivity index (χ4n) is 6.29. The second-order valence-electron chi connectivity index (χ2n) is 10.4. The van der Waals surface area contributed by atoms with Crippen LogP contribution in [0.15, 0.2) is 30.3 Å². The zero-order valence-corrected chi connectivity index (χ0v) is 18.1. The van der Waals surface area contributed by atoms with Crippen LogP contribution in [0.3, 0.4) is 0 Å². The first-order valence-corrected chi connectivity index (χ1v) is 11.4. The molecule has 1 amide bonds. The van der Waals surface area contributed by atoms with E-state index in [4.69, 9.17) is 11.5 Å². The van der Waals surface area contributed by atoms with E-state index in [1.165, 1.54) is 50.5 Å². The van der Waals surface area contributed by atoms with Gasteiger partial charge in [-0.2, -0.15) is 0 Å². The molecule has 3 aliphatic rings. The molecule has 3 aliphatic carbocycles. The van der Waals surface area contributed by atoms with Crippen molar-refractivity contribution in [1.82, 2.24) is 0 Å². The summed E-state index contributed by atoms with van der Waals surface area (Å²) in [6.07, 6.45) is 10.9. The molecule has 5 unspecified atom stereocenters. The first-order chi connectivity index (χ1) is 13.3. The van der Waals surface area contributed by atoms with Gasteiger partial charge < -0.3 is 11.5 Å². The van der Waals surface area contributed by atoms with Crippen molar-refractivity contribution in [3.05, 3.63) is 35.9 Å². The van der Waals surface area contributed by atoms with Gasteiger partial charge in [-0.3, -0.25) is 4.79 Å². The molecule has 0 heterocycles. The molecule has 156 valence electrons. The minimum atomic E-state index is -0.354. The van der Waals surface area contributed by atoms with Gasteiger partial charge in [-0.25, -0.2) is 0 Å². The number of fused-ring (bicyclic) bond motifs is 2. The van der Waals surface area contributed by atoms with Crippen molar-refractivity contribution >= 4 is 5.91 Å². The number of nitrogens with two attached hydrogens (primary N) is 2. The van der Waals surface area contributed by atoms with Crippen molar-refractivity contribution in [3.63, 3.8) is 0 Å². The van der Waals surface area contributed by atoms with E-state index in [0.717, 1.165) is 12.8 Å². The summed E-state index contributed by atoms with van der Waals surface area (Å²) in [5, 5.41) is 0. The van der Waals surface area contributed by atoms with E-state index in [9.17, 15) is 4.79 Å². The highest BCUT2D eigenvalue weighted by Gasteiger charge is 2.54. The number of hydrogen-bond acceptors (Lipinski definition) is 2. The third kappa shape index (κ3) is 4.45. The zero-order chi connectivity index (χ0) is 20.4. The first-order valence-electron chi connectivity index (χ1n) is 11.4. The Hall–Kier alpha value is -1.35. The molecular formula is C25H40N2O. The lowest BCUT2D eigenvalue weighted by atomic mass is 9.48. The number of amides is 1. The summed E-state index contributed by atoms with van der Waals surface area (Å²) in [5.74, 6) is 1.89. The van der Waals surface area contributed by atoms with Crippen LogP contribution < -0.4 is 11.5 Å². The topological polar surface area (TPSA) is 69.1 Å². The fourth-order valence-corrected chi connectivity index (χ4v) is 6.29. The van der Waals surface area contributed by atoms with E-state index in [-0.39, 0.29) is 16.7 Å². The predicted molar refractivity (Wildman–Crippen MR) is 117 cm³/mol. The molecule has 1 aromatic carbocycles. The molecule has 4 N–H and O–H groups in total. The molecule has 4 rings (SSSR count). The monoisotopic (exact) mass is 384 g/mol. The Labute approximate surface area is 171 Å². The summed E-state index contributed by atoms with van der Waals surface area (Å²) < 4.78 is 0. The minimum absolute atomic E-state index is 0.116. The maximum absolute atomic E-state index is 12.1. The lowest BCUT2D eigenvalue weighted by molar-refractivity contribution is -0.134. The van der Waals surface area contributed by atoms with Gasteiger partial charge in [0, 0.05) is 11.5 Å². The van der Waals surface area contributed by atoms with Crippen LogP contribution in [-0.2, 0) is 10.2 Å². The third-order valence-electron chi connectivity index (χ3n) is 8.08. The molecule has 0 spiro atoms. The molecule has 0 saturated heterocycles. The smallest absolute Gasteiger partial charge is 0.223 e. The molecule has 3 fully saturated rings. The van der Waals surface area contributed by atoms with Crippen LogP contribution >= 0.6 is 0 Å². The Balaban J connectivity index is 0.000000271. The van der Waals surface area contributed by atoms with Gasteiger partial charge in [0.15, 0.2) is 0 Å². The van der Waals surface area contributed by atoms with Crippen molar-refractivity contribution in [1.29, 1.82) is 0 Å². The first kappa shape index (κ1) is 21.4. The van der Waals surface area contributed by atoms with E-state index in [0.29, 0.717) is 23.8 Å². The van der Waals surface area contributed by atoms with Crippen molar-refractivity contribution in [2.45, 2.75) is 90.0 Å². The largest absolute Gasteiger partial charge is 0.369 e. The lowest BCUT2D eigenvalue weighted by Gasteiger charge is -2.56. The highest BCUT2D eigenvalue weighted by molar-refractivity contribution is 5.80. The van der Waals surface area contributed by atoms with Crippen LogP contribution in [0.2, 0.25) is 0 Å². The maximum atomic E-state index is 12.1. The van der Waals surface area contributed by atoms with Gasteiger partial charge in [0.05, 0.1) is 0 Å².